The fraction of sp³-hybridized carbons (Fsp3) is 0.550. The summed E-state index contributed by atoms with van der Waals surface area (Å²) in [7, 11) is 3.00. The molecule has 0 spiro atoms. The number of hydrogen-bond donors (Lipinski definition) is 0. The van der Waals surface area contributed by atoms with Gasteiger partial charge in [-0.3, -0.25) is 4.79 Å². The van der Waals surface area contributed by atoms with Gasteiger partial charge in [0.15, 0.2) is 5.41 Å². The standard InChI is InChI=1S/C20H25NO7S/c1-5-27-17(23)19(12-22)8-9-20(25-3,26-4)16-15(19)13-7-10-21(11-14(13)29-16)18(24)28-6-2/h8-9,12H,5-7,10-11H2,1-4H3. The zero-order chi connectivity index (χ0) is 21.2. The number of carbonyl (C=O) groups excluding carboxylic acids is 3. The highest BCUT2D eigenvalue weighted by molar-refractivity contribution is 7.12. The number of hydrogen-bond acceptors (Lipinski definition) is 8. The highest BCUT2D eigenvalue weighted by Crippen LogP contribution is 2.50. The number of fused-ring (bicyclic) bond motifs is 3. The monoisotopic (exact) mass is 423 g/mol. The summed E-state index contributed by atoms with van der Waals surface area (Å²) in [6, 6.07) is 0. The number of aldehydes is 1. The van der Waals surface area contributed by atoms with Crippen molar-refractivity contribution in [3.8, 4) is 0 Å². The average Bonchev–Trinajstić information content (AvgIpc) is 3.13. The van der Waals surface area contributed by atoms with E-state index in [1.807, 2.05) is 0 Å². The Morgan fingerprint density at radius 3 is 2.45 bits per heavy atom. The van der Waals surface area contributed by atoms with E-state index in [-0.39, 0.29) is 12.7 Å². The predicted octanol–water partition coefficient (Wildman–Crippen LogP) is 2.28. The first-order valence-corrected chi connectivity index (χ1v) is 10.3. The SMILES string of the molecule is CCOC(=O)N1CCc2c(sc3c2C(C=O)(C(=O)OCC)C=CC3(OC)OC)C1. The van der Waals surface area contributed by atoms with E-state index in [0.717, 1.165) is 10.4 Å². The lowest BCUT2D eigenvalue weighted by molar-refractivity contribution is -0.178. The van der Waals surface area contributed by atoms with Gasteiger partial charge in [-0.25, -0.2) is 4.79 Å². The van der Waals surface area contributed by atoms with E-state index in [1.54, 1.807) is 24.8 Å². The molecule has 0 N–H and O–H groups in total. The number of rotatable bonds is 6. The number of carbonyl (C=O) groups is 3. The highest BCUT2D eigenvalue weighted by Gasteiger charge is 2.53. The Bertz CT molecular complexity index is 842. The predicted molar refractivity (Wildman–Crippen MR) is 105 cm³/mol. The van der Waals surface area contributed by atoms with Crippen LogP contribution in [0.25, 0.3) is 0 Å². The normalized spacial score (nSPS) is 21.9. The molecule has 158 valence electrons. The minimum absolute atomic E-state index is 0.153. The van der Waals surface area contributed by atoms with Crippen LogP contribution in [0.5, 0.6) is 0 Å². The minimum Gasteiger partial charge on any atom is -0.465 e. The Kier molecular flexibility index (Phi) is 6.11. The van der Waals surface area contributed by atoms with Gasteiger partial charge in [0.1, 0.15) is 6.29 Å². The third-order valence-electron chi connectivity index (χ3n) is 5.28. The van der Waals surface area contributed by atoms with Crippen LogP contribution in [0.3, 0.4) is 0 Å². The third-order valence-corrected chi connectivity index (χ3v) is 6.60. The molecule has 9 heteroatoms. The Morgan fingerprint density at radius 1 is 1.17 bits per heavy atom. The summed E-state index contributed by atoms with van der Waals surface area (Å²) in [6.45, 7) is 4.64. The van der Waals surface area contributed by atoms with Gasteiger partial charge in [-0.2, -0.15) is 0 Å². The van der Waals surface area contributed by atoms with Crippen molar-refractivity contribution in [2.45, 2.75) is 38.0 Å². The number of nitrogens with zero attached hydrogens (tertiary/aromatic N) is 1. The number of esters is 1. The molecule has 2 heterocycles. The fourth-order valence-electron chi connectivity index (χ4n) is 3.83. The van der Waals surface area contributed by atoms with Crippen LogP contribution in [0.1, 0.15) is 34.7 Å². The summed E-state index contributed by atoms with van der Waals surface area (Å²) in [6.07, 6.45) is 3.77. The molecular formula is C20H25NO7S. The van der Waals surface area contributed by atoms with Gasteiger partial charge in [0.2, 0.25) is 5.79 Å². The highest BCUT2D eigenvalue weighted by atomic mass is 32.1. The van der Waals surface area contributed by atoms with Crippen LogP contribution in [0.15, 0.2) is 12.2 Å². The van der Waals surface area contributed by atoms with Crippen molar-refractivity contribution >= 4 is 29.7 Å². The molecular weight excluding hydrogens is 398 g/mol. The van der Waals surface area contributed by atoms with Crippen LogP contribution in [0.2, 0.25) is 0 Å². The number of amides is 1. The van der Waals surface area contributed by atoms with Gasteiger partial charge in [-0.05, 0) is 31.9 Å². The van der Waals surface area contributed by atoms with Gasteiger partial charge in [0.05, 0.1) is 24.6 Å². The Balaban J connectivity index is 2.16. The largest absolute Gasteiger partial charge is 0.465 e. The van der Waals surface area contributed by atoms with Crippen molar-refractivity contribution < 1.29 is 33.3 Å². The number of ether oxygens (including phenoxy) is 4. The molecule has 2 aliphatic rings. The Morgan fingerprint density at radius 2 is 1.86 bits per heavy atom. The zero-order valence-electron chi connectivity index (χ0n) is 17.0. The summed E-state index contributed by atoms with van der Waals surface area (Å²) in [4.78, 5) is 40.4. The van der Waals surface area contributed by atoms with Gasteiger partial charge in [0, 0.05) is 31.2 Å². The van der Waals surface area contributed by atoms with Crippen molar-refractivity contribution in [3.05, 3.63) is 33.0 Å². The van der Waals surface area contributed by atoms with Gasteiger partial charge in [-0.1, -0.05) is 6.08 Å². The summed E-state index contributed by atoms with van der Waals surface area (Å²) < 4.78 is 21.7. The van der Waals surface area contributed by atoms with E-state index in [2.05, 4.69) is 0 Å². The summed E-state index contributed by atoms with van der Waals surface area (Å²) in [5.74, 6) is -1.85. The molecule has 0 bridgehead atoms. The van der Waals surface area contributed by atoms with E-state index in [9.17, 15) is 14.4 Å². The van der Waals surface area contributed by atoms with E-state index in [0.29, 0.717) is 42.8 Å². The van der Waals surface area contributed by atoms with Crippen molar-refractivity contribution in [2.75, 3.05) is 34.0 Å². The van der Waals surface area contributed by atoms with Gasteiger partial charge >= 0.3 is 12.1 Å². The van der Waals surface area contributed by atoms with Crippen LogP contribution < -0.4 is 0 Å². The molecule has 1 amide bonds. The van der Waals surface area contributed by atoms with Crippen LogP contribution in [-0.2, 0) is 52.7 Å². The first-order valence-electron chi connectivity index (χ1n) is 9.44. The van der Waals surface area contributed by atoms with E-state index >= 15 is 0 Å². The number of methoxy groups -OCH3 is 2. The topological polar surface area (TPSA) is 91.4 Å². The fourth-order valence-corrected chi connectivity index (χ4v) is 5.39. The van der Waals surface area contributed by atoms with Gasteiger partial charge in [0.25, 0.3) is 0 Å². The van der Waals surface area contributed by atoms with Crippen molar-refractivity contribution in [2.24, 2.45) is 0 Å². The van der Waals surface area contributed by atoms with E-state index in [1.165, 1.54) is 31.6 Å². The molecule has 0 fully saturated rings. The molecule has 0 radical (unpaired) electrons. The molecule has 1 aromatic heterocycles. The Hall–Kier alpha value is -2.23. The average molecular weight is 423 g/mol. The molecule has 0 aromatic carbocycles. The van der Waals surface area contributed by atoms with Crippen LogP contribution in [0, 0.1) is 0 Å². The summed E-state index contributed by atoms with van der Waals surface area (Å²) in [5.41, 5.74) is -0.170. The van der Waals surface area contributed by atoms with Crippen molar-refractivity contribution in [3.63, 3.8) is 0 Å². The molecule has 8 nitrogen and oxygen atoms in total. The smallest absolute Gasteiger partial charge is 0.410 e. The maximum atomic E-state index is 12.9. The molecule has 1 atom stereocenters. The summed E-state index contributed by atoms with van der Waals surface area (Å²) in [5, 5.41) is 0. The minimum atomic E-state index is -1.57. The third kappa shape index (κ3) is 3.27. The first-order chi connectivity index (χ1) is 13.9. The molecule has 29 heavy (non-hydrogen) atoms. The van der Waals surface area contributed by atoms with E-state index < -0.39 is 17.2 Å². The lowest BCUT2D eigenvalue weighted by atomic mass is 9.73. The molecule has 1 aliphatic carbocycles. The van der Waals surface area contributed by atoms with Crippen molar-refractivity contribution in [1.29, 1.82) is 0 Å². The summed E-state index contributed by atoms with van der Waals surface area (Å²) >= 11 is 1.37. The quantitative estimate of drug-likeness (QED) is 0.228. The van der Waals surface area contributed by atoms with E-state index in [4.69, 9.17) is 18.9 Å². The molecule has 1 unspecified atom stereocenters. The maximum absolute atomic E-state index is 12.9. The maximum Gasteiger partial charge on any atom is 0.410 e. The van der Waals surface area contributed by atoms with Crippen LogP contribution in [0.4, 0.5) is 4.79 Å². The zero-order valence-corrected chi connectivity index (χ0v) is 17.8. The lowest BCUT2D eigenvalue weighted by Crippen LogP contribution is -2.45. The first kappa shape index (κ1) is 21.5. The molecule has 1 aromatic rings. The molecule has 3 rings (SSSR count). The van der Waals surface area contributed by atoms with Crippen LogP contribution in [-0.4, -0.2) is 57.2 Å². The Labute approximate surface area is 173 Å². The van der Waals surface area contributed by atoms with Gasteiger partial charge in [-0.15, -0.1) is 11.3 Å². The van der Waals surface area contributed by atoms with Crippen molar-refractivity contribution in [1.82, 2.24) is 4.90 Å². The second-order valence-electron chi connectivity index (χ2n) is 6.69. The lowest BCUT2D eigenvalue weighted by Gasteiger charge is -2.37. The van der Waals surface area contributed by atoms with Crippen LogP contribution >= 0.6 is 11.3 Å². The molecule has 1 aliphatic heterocycles. The second kappa shape index (κ2) is 8.25. The number of thiophene rings is 1. The van der Waals surface area contributed by atoms with Gasteiger partial charge < -0.3 is 28.6 Å². The molecule has 0 saturated carbocycles. The molecule has 0 saturated heterocycles. The second-order valence-corrected chi connectivity index (χ2v) is 7.80.